The SMILES string of the molecule is Cc1noc(C)c1S(=O)(=O)NNC(=O)COc1ccc(Br)cc1. The summed E-state index contributed by atoms with van der Waals surface area (Å²) in [6.07, 6.45) is 0. The van der Waals surface area contributed by atoms with Crippen LogP contribution in [-0.4, -0.2) is 26.1 Å². The molecule has 0 unspecified atom stereocenters. The minimum Gasteiger partial charge on any atom is -0.484 e. The second-order valence-electron chi connectivity index (χ2n) is 4.55. The van der Waals surface area contributed by atoms with E-state index >= 15 is 0 Å². The summed E-state index contributed by atoms with van der Waals surface area (Å²) in [5.74, 6) is -0.0319. The molecule has 1 aromatic carbocycles. The number of hydrogen-bond acceptors (Lipinski definition) is 6. The summed E-state index contributed by atoms with van der Waals surface area (Å²) in [6, 6.07) is 6.86. The van der Waals surface area contributed by atoms with Crippen LogP contribution in [0.25, 0.3) is 0 Å². The lowest BCUT2D eigenvalue weighted by Crippen LogP contribution is -2.44. The van der Waals surface area contributed by atoms with Gasteiger partial charge >= 0.3 is 0 Å². The van der Waals surface area contributed by atoms with Gasteiger partial charge in [-0.2, -0.15) is 0 Å². The predicted octanol–water partition coefficient (Wildman–Crippen LogP) is 1.44. The first kappa shape index (κ1) is 17.4. The van der Waals surface area contributed by atoms with Gasteiger partial charge in [0, 0.05) is 4.47 Å². The molecule has 0 radical (unpaired) electrons. The van der Waals surface area contributed by atoms with Crippen LogP contribution < -0.4 is 15.0 Å². The van der Waals surface area contributed by atoms with Crippen molar-refractivity contribution in [2.24, 2.45) is 0 Å². The van der Waals surface area contributed by atoms with Crippen LogP contribution in [-0.2, 0) is 14.8 Å². The Bertz CT molecular complexity index is 782. The summed E-state index contributed by atoms with van der Waals surface area (Å²) in [5.41, 5.74) is 2.27. The fraction of sp³-hybridized carbons (Fsp3) is 0.231. The molecule has 2 rings (SSSR count). The predicted molar refractivity (Wildman–Crippen MR) is 84.1 cm³/mol. The van der Waals surface area contributed by atoms with Crippen molar-refractivity contribution in [2.45, 2.75) is 18.7 Å². The van der Waals surface area contributed by atoms with Crippen molar-refractivity contribution >= 4 is 31.9 Å². The Labute approximate surface area is 141 Å². The van der Waals surface area contributed by atoms with Crippen molar-refractivity contribution in [3.63, 3.8) is 0 Å². The van der Waals surface area contributed by atoms with Crippen LogP contribution in [0.4, 0.5) is 0 Å². The molecule has 0 spiro atoms. The van der Waals surface area contributed by atoms with Gasteiger partial charge in [-0.05, 0) is 38.1 Å². The van der Waals surface area contributed by atoms with Gasteiger partial charge in [-0.1, -0.05) is 21.1 Å². The van der Waals surface area contributed by atoms with Gasteiger partial charge in [0.15, 0.2) is 12.4 Å². The van der Waals surface area contributed by atoms with Gasteiger partial charge in [0.2, 0.25) is 0 Å². The van der Waals surface area contributed by atoms with E-state index in [9.17, 15) is 13.2 Å². The third kappa shape index (κ3) is 4.53. The quantitative estimate of drug-likeness (QED) is 0.705. The summed E-state index contributed by atoms with van der Waals surface area (Å²) in [7, 11) is -3.96. The summed E-state index contributed by atoms with van der Waals surface area (Å²) in [5, 5.41) is 3.56. The number of nitrogens with one attached hydrogen (secondary N) is 2. The Morgan fingerprint density at radius 3 is 2.52 bits per heavy atom. The molecule has 1 heterocycles. The number of amides is 1. The van der Waals surface area contributed by atoms with Gasteiger partial charge in [0.05, 0.1) is 0 Å². The van der Waals surface area contributed by atoms with Crippen molar-refractivity contribution in [3.8, 4) is 5.75 Å². The number of aryl methyl sites for hydroxylation is 2. The maximum atomic E-state index is 12.1. The molecule has 0 saturated carbocycles. The Hall–Kier alpha value is -1.91. The van der Waals surface area contributed by atoms with Crippen LogP contribution in [0.1, 0.15) is 11.5 Å². The van der Waals surface area contributed by atoms with E-state index < -0.39 is 15.9 Å². The summed E-state index contributed by atoms with van der Waals surface area (Å²) >= 11 is 3.28. The molecule has 0 fully saturated rings. The van der Waals surface area contributed by atoms with Crippen LogP contribution >= 0.6 is 15.9 Å². The Balaban J connectivity index is 1.90. The van der Waals surface area contributed by atoms with Crippen molar-refractivity contribution in [1.29, 1.82) is 0 Å². The molecular formula is C13H14BrN3O5S. The van der Waals surface area contributed by atoms with E-state index in [0.717, 1.165) is 4.47 Å². The minimum absolute atomic E-state index is 0.105. The number of hydrazine groups is 1. The van der Waals surface area contributed by atoms with Crippen LogP contribution in [0.15, 0.2) is 38.2 Å². The summed E-state index contributed by atoms with van der Waals surface area (Å²) in [4.78, 5) is 13.5. The molecule has 1 amide bonds. The van der Waals surface area contributed by atoms with Gasteiger partial charge in [-0.15, -0.1) is 4.83 Å². The molecule has 0 aliphatic heterocycles. The first-order valence-corrected chi connectivity index (χ1v) is 8.69. The summed E-state index contributed by atoms with van der Waals surface area (Å²) in [6.45, 7) is 2.61. The standard InChI is InChI=1S/C13H14BrN3O5S/c1-8-13(9(2)22-16-8)23(19,20)17-15-12(18)7-21-11-5-3-10(14)4-6-11/h3-6,17H,7H2,1-2H3,(H,15,18). The second-order valence-corrected chi connectivity index (χ2v) is 7.08. The molecule has 0 saturated heterocycles. The van der Waals surface area contributed by atoms with Gasteiger partial charge in [-0.3, -0.25) is 10.2 Å². The van der Waals surface area contributed by atoms with Crippen LogP contribution in [0, 0.1) is 13.8 Å². The molecule has 0 aliphatic rings. The lowest BCUT2D eigenvalue weighted by atomic mass is 10.3. The number of rotatable bonds is 6. The molecule has 23 heavy (non-hydrogen) atoms. The fourth-order valence-corrected chi connectivity index (χ4v) is 3.21. The maximum Gasteiger partial charge on any atom is 0.272 e. The second kappa shape index (κ2) is 7.11. The number of carbonyl (C=O) groups is 1. The number of hydrogen-bond donors (Lipinski definition) is 2. The number of sulfonamides is 1. The Morgan fingerprint density at radius 1 is 1.30 bits per heavy atom. The fourth-order valence-electron chi connectivity index (χ4n) is 1.75. The van der Waals surface area contributed by atoms with E-state index in [1.165, 1.54) is 13.8 Å². The Kier molecular flexibility index (Phi) is 5.39. The molecule has 0 aliphatic carbocycles. The first-order chi connectivity index (χ1) is 10.8. The number of nitrogens with zero attached hydrogens (tertiary/aromatic N) is 1. The van der Waals surface area contributed by atoms with Crippen molar-refractivity contribution < 1.29 is 22.5 Å². The van der Waals surface area contributed by atoms with Crippen LogP contribution in [0.5, 0.6) is 5.75 Å². The zero-order valence-electron chi connectivity index (χ0n) is 12.3. The molecule has 2 aromatic rings. The van der Waals surface area contributed by atoms with Crippen LogP contribution in [0.2, 0.25) is 0 Å². The van der Waals surface area contributed by atoms with E-state index in [4.69, 9.17) is 9.26 Å². The average molecular weight is 404 g/mol. The smallest absolute Gasteiger partial charge is 0.272 e. The van der Waals surface area contributed by atoms with Crippen molar-refractivity contribution in [2.75, 3.05) is 6.61 Å². The highest BCUT2D eigenvalue weighted by Crippen LogP contribution is 2.18. The molecule has 2 N–H and O–H groups in total. The van der Waals surface area contributed by atoms with Gasteiger partial charge < -0.3 is 9.26 Å². The number of ether oxygens (including phenoxy) is 1. The molecule has 0 atom stereocenters. The van der Waals surface area contributed by atoms with Gasteiger partial charge in [0.1, 0.15) is 16.3 Å². The number of benzene rings is 1. The van der Waals surface area contributed by atoms with E-state index in [2.05, 4.69) is 26.5 Å². The topological polar surface area (TPSA) is 111 Å². The monoisotopic (exact) mass is 403 g/mol. The van der Waals surface area contributed by atoms with E-state index in [1.807, 2.05) is 4.83 Å². The van der Waals surface area contributed by atoms with Gasteiger partial charge in [-0.25, -0.2) is 8.42 Å². The van der Waals surface area contributed by atoms with Crippen molar-refractivity contribution in [3.05, 3.63) is 40.2 Å². The lowest BCUT2D eigenvalue weighted by molar-refractivity contribution is -0.123. The largest absolute Gasteiger partial charge is 0.484 e. The van der Waals surface area contributed by atoms with Crippen molar-refractivity contribution in [1.82, 2.24) is 15.4 Å². The highest BCUT2D eigenvalue weighted by Gasteiger charge is 2.24. The highest BCUT2D eigenvalue weighted by atomic mass is 79.9. The molecule has 0 bridgehead atoms. The molecule has 10 heteroatoms. The normalized spacial score (nSPS) is 11.3. The van der Waals surface area contributed by atoms with E-state index in [-0.39, 0.29) is 23.0 Å². The minimum atomic E-state index is -3.96. The first-order valence-electron chi connectivity index (χ1n) is 6.41. The van der Waals surface area contributed by atoms with Gasteiger partial charge in [0.25, 0.3) is 15.9 Å². The zero-order chi connectivity index (χ0) is 17.0. The molecular weight excluding hydrogens is 390 g/mol. The van der Waals surface area contributed by atoms with E-state index in [1.54, 1.807) is 24.3 Å². The highest BCUT2D eigenvalue weighted by molar-refractivity contribution is 9.10. The molecule has 8 nitrogen and oxygen atoms in total. The third-order valence-electron chi connectivity index (χ3n) is 2.74. The number of aromatic nitrogens is 1. The number of halogens is 1. The van der Waals surface area contributed by atoms with Crippen LogP contribution in [0.3, 0.4) is 0 Å². The van der Waals surface area contributed by atoms with E-state index in [0.29, 0.717) is 5.75 Å². The average Bonchev–Trinajstić information content (AvgIpc) is 2.84. The maximum absolute atomic E-state index is 12.1. The number of carbonyl (C=O) groups excluding carboxylic acids is 1. The zero-order valence-corrected chi connectivity index (χ0v) is 14.7. The Morgan fingerprint density at radius 2 is 1.96 bits per heavy atom. The lowest BCUT2D eigenvalue weighted by Gasteiger charge is -2.09. The molecule has 124 valence electrons. The summed E-state index contributed by atoms with van der Waals surface area (Å²) < 4.78 is 35.1. The third-order valence-corrected chi connectivity index (χ3v) is 4.76. The molecule has 1 aromatic heterocycles.